The summed E-state index contributed by atoms with van der Waals surface area (Å²) < 4.78 is 25.0. The number of pyridine rings is 2. The van der Waals surface area contributed by atoms with E-state index in [1.54, 1.807) is 30.6 Å². The van der Waals surface area contributed by atoms with Crippen LogP contribution in [0.2, 0.25) is 0 Å². The summed E-state index contributed by atoms with van der Waals surface area (Å²) >= 11 is 0. The normalized spacial score (nSPS) is 11.9. The van der Waals surface area contributed by atoms with Gasteiger partial charge in [-0.3, -0.25) is 19.9 Å². The van der Waals surface area contributed by atoms with Gasteiger partial charge < -0.3 is 15.2 Å². The third-order valence-corrected chi connectivity index (χ3v) is 4.38. The second-order valence-electron chi connectivity index (χ2n) is 6.20. The van der Waals surface area contributed by atoms with Crippen molar-refractivity contribution in [1.29, 1.82) is 0 Å². The van der Waals surface area contributed by atoms with Crippen molar-refractivity contribution < 1.29 is 18.7 Å². The van der Waals surface area contributed by atoms with Crippen molar-refractivity contribution in [2.75, 3.05) is 7.11 Å². The zero-order valence-electron chi connectivity index (χ0n) is 15.3. The first kappa shape index (κ1) is 18.4. The number of ether oxygens (including phenoxy) is 2. The van der Waals surface area contributed by atoms with Crippen LogP contribution in [0, 0.1) is 5.82 Å². The first-order valence-electron chi connectivity index (χ1n) is 8.61. The number of halogens is 1. The second-order valence-corrected chi connectivity index (χ2v) is 6.20. The molecule has 3 heterocycles. The molecule has 3 N–H and O–H groups in total. The van der Waals surface area contributed by atoms with Crippen molar-refractivity contribution in [3.8, 4) is 17.2 Å². The highest BCUT2D eigenvalue weighted by Crippen LogP contribution is 2.35. The van der Waals surface area contributed by atoms with Crippen LogP contribution in [0.15, 0.2) is 55.1 Å². The molecule has 0 spiro atoms. The Labute approximate surface area is 164 Å². The minimum absolute atomic E-state index is 0.317. The Morgan fingerprint density at radius 2 is 2.03 bits per heavy atom. The highest BCUT2D eigenvalue weighted by molar-refractivity contribution is 5.86. The highest BCUT2D eigenvalue weighted by Gasteiger charge is 2.27. The Morgan fingerprint density at radius 1 is 1.17 bits per heavy atom. The maximum absolute atomic E-state index is 13.7. The first-order chi connectivity index (χ1) is 14.1. The van der Waals surface area contributed by atoms with Gasteiger partial charge in [-0.15, -0.1) is 0 Å². The molecule has 0 saturated heterocycles. The van der Waals surface area contributed by atoms with Crippen LogP contribution in [0.5, 0.6) is 17.2 Å². The summed E-state index contributed by atoms with van der Waals surface area (Å²) in [5.41, 5.74) is 7.06. The molecule has 0 saturated carbocycles. The molecule has 29 heavy (non-hydrogen) atoms. The number of aromatic nitrogens is 4. The predicted octanol–water partition coefficient (Wildman–Crippen LogP) is 2.91. The van der Waals surface area contributed by atoms with Crippen LogP contribution in [-0.4, -0.2) is 33.2 Å². The minimum atomic E-state index is -0.839. The molecule has 0 radical (unpaired) electrons. The van der Waals surface area contributed by atoms with E-state index in [1.807, 2.05) is 0 Å². The van der Waals surface area contributed by atoms with Gasteiger partial charge in [-0.05, 0) is 24.3 Å². The lowest BCUT2D eigenvalue weighted by atomic mass is 9.96. The van der Waals surface area contributed by atoms with Crippen LogP contribution in [0.4, 0.5) is 4.39 Å². The van der Waals surface area contributed by atoms with Crippen molar-refractivity contribution in [3.63, 3.8) is 0 Å². The number of nitrogens with zero attached hydrogens (tertiary/aromatic N) is 3. The summed E-state index contributed by atoms with van der Waals surface area (Å²) in [7, 11) is 1.45. The highest BCUT2D eigenvalue weighted by atomic mass is 19.1. The van der Waals surface area contributed by atoms with Crippen molar-refractivity contribution in [1.82, 2.24) is 20.2 Å². The monoisotopic (exact) mass is 393 g/mol. The fraction of sp³-hybridized carbons (Fsp3) is 0.100. The van der Waals surface area contributed by atoms with Gasteiger partial charge in [0.05, 0.1) is 30.7 Å². The van der Waals surface area contributed by atoms with Gasteiger partial charge in [0.2, 0.25) is 5.91 Å². The second kappa shape index (κ2) is 7.55. The Hall–Kier alpha value is -4.01. The van der Waals surface area contributed by atoms with Gasteiger partial charge in [-0.25, -0.2) is 4.39 Å². The number of aromatic amines is 1. The molecular weight excluding hydrogens is 377 g/mol. The molecule has 0 aliphatic rings. The molecule has 9 heteroatoms. The molecular formula is C20H16FN5O3. The number of fused-ring (bicyclic) bond motifs is 1. The lowest BCUT2D eigenvalue weighted by molar-refractivity contribution is -0.118. The molecule has 1 amide bonds. The number of H-pyrrole nitrogens is 1. The van der Waals surface area contributed by atoms with Gasteiger partial charge in [0.1, 0.15) is 29.0 Å². The quantitative estimate of drug-likeness (QED) is 0.520. The number of primary amides is 1. The van der Waals surface area contributed by atoms with Gasteiger partial charge in [-0.2, -0.15) is 5.10 Å². The average Bonchev–Trinajstić information content (AvgIpc) is 3.23. The topological polar surface area (TPSA) is 116 Å². The lowest BCUT2D eigenvalue weighted by Crippen LogP contribution is -2.23. The molecule has 8 nitrogen and oxygen atoms in total. The maximum atomic E-state index is 13.7. The largest absolute Gasteiger partial charge is 0.495 e. The Morgan fingerprint density at radius 3 is 2.76 bits per heavy atom. The van der Waals surface area contributed by atoms with Crippen LogP contribution in [-0.2, 0) is 4.79 Å². The molecule has 0 fully saturated rings. The molecule has 0 aliphatic heterocycles. The standard InChI is InChI=1S/C20H16FN5O3/c1-28-17-7-13(10-24-19(17)18(20(22)27)11-8-25-26-9-11)29-16-4-5-23-15-3-2-12(21)6-14(15)16/h2-10,18H,1H3,(H2,22,27)(H,25,26). The SMILES string of the molecule is COc1cc(Oc2ccnc3ccc(F)cc23)cnc1C(C(N)=O)c1cn[nH]c1. The number of nitrogens with one attached hydrogen (secondary N) is 1. The summed E-state index contributed by atoms with van der Waals surface area (Å²) in [6.45, 7) is 0. The van der Waals surface area contributed by atoms with Gasteiger partial charge in [0.15, 0.2) is 0 Å². The van der Waals surface area contributed by atoms with Crippen LogP contribution >= 0.6 is 0 Å². The first-order valence-corrected chi connectivity index (χ1v) is 8.61. The Kier molecular flexibility index (Phi) is 4.78. The number of amides is 1. The van der Waals surface area contributed by atoms with Crippen LogP contribution in [0.3, 0.4) is 0 Å². The summed E-state index contributed by atoms with van der Waals surface area (Å²) in [5.74, 6) is -0.761. The van der Waals surface area contributed by atoms with Gasteiger partial charge in [0.25, 0.3) is 0 Å². The molecule has 0 bridgehead atoms. The summed E-state index contributed by atoms with van der Waals surface area (Å²) in [4.78, 5) is 20.6. The summed E-state index contributed by atoms with van der Waals surface area (Å²) in [5, 5.41) is 7.02. The maximum Gasteiger partial charge on any atom is 0.231 e. The predicted molar refractivity (Wildman–Crippen MR) is 102 cm³/mol. The van der Waals surface area contributed by atoms with E-state index in [2.05, 4.69) is 20.2 Å². The molecule has 146 valence electrons. The number of hydrogen-bond donors (Lipinski definition) is 2. The van der Waals surface area contributed by atoms with Crippen molar-refractivity contribution in [2.45, 2.75) is 5.92 Å². The molecule has 1 atom stereocenters. The fourth-order valence-electron chi connectivity index (χ4n) is 3.06. The fourth-order valence-corrected chi connectivity index (χ4v) is 3.06. The van der Waals surface area contributed by atoms with Crippen molar-refractivity contribution in [2.24, 2.45) is 5.73 Å². The molecule has 0 aliphatic carbocycles. The minimum Gasteiger partial charge on any atom is -0.495 e. The number of carbonyl (C=O) groups excluding carboxylic acids is 1. The van der Waals surface area contributed by atoms with Crippen LogP contribution in [0.1, 0.15) is 17.2 Å². The smallest absolute Gasteiger partial charge is 0.231 e. The van der Waals surface area contributed by atoms with E-state index in [0.29, 0.717) is 39.4 Å². The number of methoxy groups -OCH3 is 1. The number of hydrogen-bond acceptors (Lipinski definition) is 6. The molecule has 1 unspecified atom stereocenters. The van der Waals surface area contributed by atoms with Gasteiger partial charge in [0, 0.05) is 29.4 Å². The van der Waals surface area contributed by atoms with Crippen molar-refractivity contribution >= 4 is 16.8 Å². The van der Waals surface area contributed by atoms with E-state index < -0.39 is 17.6 Å². The number of carbonyl (C=O) groups is 1. The van der Waals surface area contributed by atoms with Crippen molar-refractivity contribution in [3.05, 3.63) is 72.2 Å². The average molecular weight is 393 g/mol. The van der Waals surface area contributed by atoms with Gasteiger partial charge >= 0.3 is 0 Å². The third-order valence-electron chi connectivity index (χ3n) is 4.38. The van der Waals surface area contributed by atoms with E-state index >= 15 is 0 Å². The Balaban J connectivity index is 1.72. The number of nitrogens with two attached hydrogens (primary N) is 1. The molecule has 1 aromatic carbocycles. The van der Waals surface area contributed by atoms with E-state index in [1.165, 1.54) is 31.6 Å². The third kappa shape index (κ3) is 3.57. The summed E-state index contributed by atoms with van der Waals surface area (Å²) in [6.07, 6.45) is 6.08. The van der Waals surface area contributed by atoms with E-state index in [0.717, 1.165) is 0 Å². The molecule has 4 aromatic rings. The van der Waals surface area contributed by atoms with Crippen LogP contribution in [0.25, 0.3) is 10.9 Å². The molecule has 4 rings (SSSR count). The number of benzene rings is 1. The van der Waals surface area contributed by atoms with E-state index in [-0.39, 0.29) is 0 Å². The van der Waals surface area contributed by atoms with Crippen LogP contribution < -0.4 is 15.2 Å². The zero-order valence-corrected chi connectivity index (χ0v) is 15.3. The molecule has 3 aromatic heterocycles. The lowest BCUT2D eigenvalue weighted by Gasteiger charge is -2.16. The number of rotatable bonds is 6. The Bertz CT molecular complexity index is 1180. The van der Waals surface area contributed by atoms with E-state index in [9.17, 15) is 9.18 Å². The summed E-state index contributed by atoms with van der Waals surface area (Å²) in [6, 6.07) is 7.46. The van der Waals surface area contributed by atoms with E-state index in [4.69, 9.17) is 15.2 Å². The zero-order chi connectivity index (χ0) is 20.4. The van der Waals surface area contributed by atoms with Gasteiger partial charge in [-0.1, -0.05) is 0 Å².